The Balaban J connectivity index is 1.12. The molecule has 3 nitrogen and oxygen atoms in total. The molecular formula is C44H30N2O. The van der Waals surface area contributed by atoms with Crippen molar-refractivity contribution in [1.29, 1.82) is 0 Å². The number of hydrogen-bond acceptors (Lipinski definition) is 3. The SMILES string of the molecule is C1=C(c2ccccc2)c2ccccc2C2Oc3cccc(-c4ccc(-c5cc(-c6ccccc6)nc(-c6ccccc6)n5)cc4)c3C12. The van der Waals surface area contributed by atoms with E-state index in [9.17, 15) is 0 Å². The van der Waals surface area contributed by atoms with Gasteiger partial charge in [0.1, 0.15) is 11.9 Å². The molecule has 0 amide bonds. The molecule has 47 heavy (non-hydrogen) atoms. The molecule has 2 unspecified atom stereocenters. The van der Waals surface area contributed by atoms with Gasteiger partial charge in [0, 0.05) is 33.7 Å². The van der Waals surface area contributed by atoms with Gasteiger partial charge in [0.25, 0.3) is 0 Å². The van der Waals surface area contributed by atoms with E-state index in [0.29, 0.717) is 5.82 Å². The van der Waals surface area contributed by atoms with Gasteiger partial charge in [-0.2, -0.15) is 0 Å². The Kier molecular flexibility index (Phi) is 6.60. The van der Waals surface area contributed by atoms with Crippen LogP contribution >= 0.6 is 0 Å². The molecular weight excluding hydrogens is 572 g/mol. The molecule has 0 N–H and O–H groups in total. The lowest BCUT2D eigenvalue weighted by Gasteiger charge is -2.28. The topological polar surface area (TPSA) is 35.0 Å². The molecule has 0 radical (unpaired) electrons. The van der Waals surface area contributed by atoms with Gasteiger partial charge in [-0.3, -0.25) is 0 Å². The summed E-state index contributed by atoms with van der Waals surface area (Å²) in [6, 6.07) is 57.2. The Bertz CT molecular complexity index is 2200. The van der Waals surface area contributed by atoms with E-state index >= 15 is 0 Å². The Morgan fingerprint density at radius 2 is 1.00 bits per heavy atom. The molecule has 0 fully saturated rings. The molecule has 6 aromatic carbocycles. The summed E-state index contributed by atoms with van der Waals surface area (Å²) >= 11 is 0. The summed E-state index contributed by atoms with van der Waals surface area (Å²) in [5.41, 5.74) is 13.5. The zero-order chi connectivity index (χ0) is 31.2. The van der Waals surface area contributed by atoms with Crippen LogP contribution in [-0.2, 0) is 0 Å². The van der Waals surface area contributed by atoms with E-state index in [-0.39, 0.29) is 12.0 Å². The fourth-order valence-electron chi connectivity index (χ4n) is 7.05. The van der Waals surface area contributed by atoms with Crippen LogP contribution in [0.5, 0.6) is 5.75 Å². The smallest absolute Gasteiger partial charge is 0.160 e. The second kappa shape index (κ2) is 11.4. The Morgan fingerprint density at radius 3 is 1.70 bits per heavy atom. The molecule has 3 heteroatoms. The number of benzene rings is 6. The minimum Gasteiger partial charge on any atom is -0.484 e. The molecule has 0 saturated carbocycles. The van der Waals surface area contributed by atoms with Crippen molar-refractivity contribution in [2.24, 2.45) is 0 Å². The first-order chi connectivity index (χ1) is 23.3. The molecule has 0 spiro atoms. The molecule has 1 aliphatic heterocycles. The Morgan fingerprint density at radius 1 is 0.447 bits per heavy atom. The molecule has 2 aliphatic rings. The van der Waals surface area contributed by atoms with Gasteiger partial charge >= 0.3 is 0 Å². The van der Waals surface area contributed by atoms with Crippen LogP contribution in [0.1, 0.15) is 34.3 Å². The zero-order valence-electron chi connectivity index (χ0n) is 25.6. The van der Waals surface area contributed by atoms with Crippen LogP contribution in [0, 0.1) is 0 Å². The monoisotopic (exact) mass is 602 g/mol. The lowest BCUT2D eigenvalue weighted by Crippen LogP contribution is -2.16. The van der Waals surface area contributed by atoms with Crippen molar-refractivity contribution in [2.75, 3.05) is 0 Å². The first-order valence-corrected chi connectivity index (χ1v) is 16.1. The summed E-state index contributed by atoms with van der Waals surface area (Å²) in [6.07, 6.45) is 2.37. The van der Waals surface area contributed by atoms with Gasteiger partial charge in [-0.05, 0) is 40.0 Å². The Hall–Kier alpha value is -6.06. The minimum absolute atomic E-state index is 0.0529. The van der Waals surface area contributed by atoms with Crippen LogP contribution in [0.3, 0.4) is 0 Å². The highest BCUT2D eigenvalue weighted by molar-refractivity contribution is 5.86. The summed E-state index contributed by atoms with van der Waals surface area (Å²) in [6.45, 7) is 0. The van der Waals surface area contributed by atoms with Gasteiger partial charge in [-0.1, -0.05) is 158 Å². The largest absolute Gasteiger partial charge is 0.484 e. The van der Waals surface area contributed by atoms with E-state index < -0.39 is 0 Å². The molecule has 1 aromatic heterocycles. The predicted octanol–water partition coefficient (Wildman–Crippen LogP) is 10.8. The van der Waals surface area contributed by atoms with E-state index in [0.717, 1.165) is 39.4 Å². The molecule has 0 saturated heterocycles. The maximum Gasteiger partial charge on any atom is 0.160 e. The molecule has 1 aliphatic carbocycles. The van der Waals surface area contributed by atoms with E-state index in [1.54, 1.807) is 0 Å². The standard InChI is InChI=1S/C44H30N2O/c1-4-13-29(14-5-1)37-27-38-42-34(21-12-22-41(42)47-43(38)36-20-11-10-19-35(36)37)30-23-25-32(26-24-30)40-28-39(31-15-6-2-7-16-31)45-44(46-40)33-17-8-3-9-18-33/h1-28,38,43H. The first kappa shape index (κ1) is 27.3. The second-order valence-corrected chi connectivity index (χ2v) is 12.1. The van der Waals surface area contributed by atoms with Crippen molar-refractivity contribution in [2.45, 2.75) is 12.0 Å². The normalized spacial score (nSPS) is 16.0. The fraction of sp³-hybridized carbons (Fsp3) is 0.0455. The third-order valence-corrected chi connectivity index (χ3v) is 9.29. The van der Waals surface area contributed by atoms with Crippen LogP contribution in [0.2, 0.25) is 0 Å². The van der Waals surface area contributed by atoms with Gasteiger partial charge in [0.15, 0.2) is 5.82 Å². The summed E-state index contributed by atoms with van der Waals surface area (Å²) in [4.78, 5) is 9.99. The number of aromatic nitrogens is 2. The third-order valence-electron chi connectivity index (χ3n) is 9.29. The summed E-state index contributed by atoms with van der Waals surface area (Å²) in [7, 11) is 0. The average Bonchev–Trinajstić information content (AvgIpc) is 3.55. The molecule has 222 valence electrons. The zero-order valence-corrected chi connectivity index (χ0v) is 25.6. The van der Waals surface area contributed by atoms with Crippen LogP contribution in [-0.4, -0.2) is 9.97 Å². The lowest BCUT2D eigenvalue weighted by molar-refractivity contribution is 0.223. The van der Waals surface area contributed by atoms with Crippen LogP contribution in [0.4, 0.5) is 0 Å². The van der Waals surface area contributed by atoms with Crippen molar-refractivity contribution in [3.8, 4) is 50.8 Å². The van der Waals surface area contributed by atoms with Crippen LogP contribution in [0.15, 0.2) is 170 Å². The fourth-order valence-corrected chi connectivity index (χ4v) is 7.05. The first-order valence-electron chi connectivity index (χ1n) is 16.1. The second-order valence-electron chi connectivity index (χ2n) is 12.1. The highest BCUT2D eigenvalue weighted by atomic mass is 16.5. The molecule has 2 atom stereocenters. The number of hydrogen-bond donors (Lipinski definition) is 0. The molecule has 7 aromatic rings. The van der Waals surface area contributed by atoms with Crippen LogP contribution in [0.25, 0.3) is 50.6 Å². The minimum atomic E-state index is -0.0529. The highest BCUT2D eigenvalue weighted by Gasteiger charge is 2.40. The van der Waals surface area contributed by atoms with Crippen molar-refractivity contribution in [1.82, 2.24) is 9.97 Å². The quantitative estimate of drug-likeness (QED) is 0.197. The predicted molar refractivity (Wildman–Crippen MR) is 190 cm³/mol. The molecule has 9 rings (SSSR count). The van der Waals surface area contributed by atoms with Gasteiger partial charge in [-0.15, -0.1) is 0 Å². The van der Waals surface area contributed by atoms with Crippen LogP contribution < -0.4 is 4.74 Å². The average molecular weight is 603 g/mol. The van der Waals surface area contributed by atoms with E-state index in [1.807, 2.05) is 36.4 Å². The highest BCUT2D eigenvalue weighted by Crippen LogP contribution is 2.55. The van der Waals surface area contributed by atoms with Gasteiger partial charge in [0.05, 0.1) is 11.4 Å². The summed E-state index contributed by atoms with van der Waals surface area (Å²) < 4.78 is 6.73. The summed E-state index contributed by atoms with van der Waals surface area (Å²) in [5, 5.41) is 0. The third kappa shape index (κ3) is 4.84. The van der Waals surface area contributed by atoms with Gasteiger partial charge in [-0.25, -0.2) is 9.97 Å². The number of fused-ring (bicyclic) bond motifs is 5. The lowest BCUT2D eigenvalue weighted by atomic mass is 9.77. The number of ether oxygens (including phenoxy) is 1. The van der Waals surface area contributed by atoms with Gasteiger partial charge < -0.3 is 4.74 Å². The maximum atomic E-state index is 6.73. The van der Waals surface area contributed by atoms with Crippen molar-refractivity contribution >= 4 is 5.57 Å². The maximum absolute atomic E-state index is 6.73. The van der Waals surface area contributed by atoms with Crippen molar-refractivity contribution in [3.63, 3.8) is 0 Å². The van der Waals surface area contributed by atoms with E-state index in [1.165, 1.54) is 33.4 Å². The summed E-state index contributed by atoms with van der Waals surface area (Å²) in [5.74, 6) is 1.78. The van der Waals surface area contributed by atoms with E-state index in [4.69, 9.17) is 14.7 Å². The van der Waals surface area contributed by atoms with Crippen molar-refractivity contribution in [3.05, 3.63) is 192 Å². The van der Waals surface area contributed by atoms with E-state index in [2.05, 4.69) is 133 Å². The number of rotatable bonds is 5. The van der Waals surface area contributed by atoms with Gasteiger partial charge in [0.2, 0.25) is 0 Å². The molecule has 2 heterocycles. The Labute approximate surface area is 274 Å². The number of nitrogens with zero attached hydrogens (tertiary/aromatic N) is 2. The van der Waals surface area contributed by atoms with Crippen molar-refractivity contribution < 1.29 is 4.74 Å². The molecule has 0 bridgehead atoms.